The lowest BCUT2D eigenvalue weighted by Gasteiger charge is -2.31. The average molecular weight is 239 g/mol. The predicted molar refractivity (Wildman–Crippen MR) is 72.1 cm³/mol. The minimum absolute atomic E-state index is 0.0224. The molecular weight excluding hydrogens is 210 g/mol. The van der Waals surface area contributed by atoms with Crippen molar-refractivity contribution < 1.29 is 4.74 Å². The first-order valence-corrected chi connectivity index (χ1v) is 7.17. The fourth-order valence-electron chi connectivity index (χ4n) is 3.68. The first-order valence-electron chi connectivity index (χ1n) is 7.17. The molecule has 4 atom stereocenters. The molecule has 0 aromatic heterocycles. The van der Waals surface area contributed by atoms with Crippen LogP contribution in [0.1, 0.15) is 60.8 Å². The highest BCUT2D eigenvalue weighted by atomic mass is 16.5. The van der Waals surface area contributed by atoms with Crippen LogP contribution in [0.25, 0.3) is 0 Å². The number of hydrogen-bond acceptors (Lipinski definition) is 2. The molecule has 2 heteroatoms. The summed E-state index contributed by atoms with van der Waals surface area (Å²) in [5.41, 5.74) is -0.0102. The van der Waals surface area contributed by atoms with Crippen LogP contribution in [0.5, 0.6) is 0 Å². The Morgan fingerprint density at radius 1 is 1.06 bits per heavy atom. The molecule has 1 saturated carbocycles. The minimum Gasteiger partial charge on any atom is -0.368 e. The van der Waals surface area contributed by atoms with Crippen molar-refractivity contribution >= 4 is 0 Å². The zero-order chi connectivity index (χ0) is 12.8. The van der Waals surface area contributed by atoms with Gasteiger partial charge in [-0.25, -0.2) is 0 Å². The van der Waals surface area contributed by atoms with E-state index in [1.54, 1.807) is 0 Å². The third kappa shape index (κ3) is 2.68. The van der Waals surface area contributed by atoms with E-state index in [9.17, 15) is 0 Å². The van der Waals surface area contributed by atoms with Crippen LogP contribution in [0, 0.1) is 11.8 Å². The van der Waals surface area contributed by atoms with Gasteiger partial charge in [-0.15, -0.1) is 0 Å². The second-order valence-corrected chi connectivity index (χ2v) is 7.41. The second-order valence-electron chi connectivity index (χ2n) is 7.41. The topological polar surface area (TPSA) is 21.3 Å². The van der Waals surface area contributed by atoms with Gasteiger partial charge in [-0.05, 0) is 58.8 Å². The van der Waals surface area contributed by atoms with E-state index in [1.165, 1.54) is 12.8 Å². The normalized spacial score (nSPS) is 44.1. The lowest BCUT2D eigenvalue weighted by atomic mass is 9.91. The van der Waals surface area contributed by atoms with Gasteiger partial charge in [0.05, 0.1) is 11.2 Å². The standard InChI is InChI=1S/C15H29NO/c1-10-7-8-12(11(10)2)16-13-9-14(3,4)17-15(13,5)6/h10-13,16H,7-9H2,1-6H3. The highest BCUT2D eigenvalue weighted by Crippen LogP contribution is 2.39. The van der Waals surface area contributed by atoms with Gasteiger partial charge in [0.1, 0.15) is 0 Å². The lowest BCUT2D eigenvalue weighted by molar-refractivity contribution is -0.0707. The summed E-state index contributed by atoms with van der Waals surface area (Å²) in [6.07, 6.45) is 3.82. The number of rotatable bonds is 2. The molecule has 0 radical (unpaired) electrons. The quantitative estimate of drug-likeness (QED) is 0.798. The van der Waals surface area contributed by atoms with Crippen LogP contribution >= 0.6 is 0 Å². The van der Waals surface area contributed by atoms with Crippen molar-refractivity contribution in [1.29, 1.82) is 0 Å². The van der Waals surface area contributed by atoms with Crippen molar-refractivity contribution in [3.63, 3.8) is 0 Å². The minimum atomic E-state index is -0.0327. The molecule has 1 aliphatic heterocycles. The Morgan fingerprint density at radius 3 is 2.12 bits per heavy atom. The molecule has 1 heterocycles. The second kappa shape index (κ2) is 4.24. The molecule has 2 rings (SSSR count). The van der Waals surface area contributed by atoms with Gasteiger partial charge in [0.15, 0.2) is 0 Å². The maximum Gasteiger partial charge on any atom is 0.0787 e. The molecule has 0 bridgehead atoms. The van der Waals surface area contributed by atoms with Crippen LogP contribution in [-0.2, 0) is 4.74 Å². The van der Waals surface area contributed by atoms with Gasteiger partial charge in [0, 0.05) is 12.1 Å². The zero-order valence-electron chi connectivity index (χ0n) is 12.3. The van der Waals surface area contributed by atoms with Gasteiger partial charge >= 0.3 is 0 Å². The van der Waals surface area contributed by atoms with E-state index in [-0.39, 0.29) is 11.2 Å². The Kier molecular flexibility index (Phi) is 3.33. The van der Waals surface area contributed by atoms with Crippen molar-refractivity contribution in [1.82, 2.24) is 5.32 Å². The van der Waals surface area contributed by atoms with E-state index in [0.717, 1.165) is 18.3 Å². The van der Waals surface area contributed by atoms with Crippen LogP contribution in [0.4, 0.5) is 0 Å². The Hall–Kier alpha value is -0.0800. The van der Waals surface area contributed by atoms with Crippen LogP contribution in [0.3, 0.4) is 0 Å². The molecule has 100 valence electrons. The molecule has 4 unspecified atom stereocenters. The Bertz CT molecular complexity index is 285. The zero-order valence-corrected chi connectivity index (χ0v) is 12.3. The van der Waals surface area contributed by atoms with Crippen molar-refractivity contribution in [2.75, 3.05) is 0 Å². The lowest BCUT2D eigenvalue weighted by Crippen LogP contribution is -2.49. The average Bonchev–Trinajstić information content (AvgIpc) is 2.56. The monoisotopic (exact) mass is 239 g/mol. The molecule has 1 aliphatic carbocycles. The van der Waals surface area contributed by atoms with Crippen LogP contribution in [-0.4, -0.2) is 23.3 Å². The maximum absolute atomic E-state index is 6.16. The van der Waals surface area contributed by atoms with Gasteiger partial charge < -0.3 is 10.1 Å². The number of ether oxygens (including phenoxy) is 1. The van der Waals surface area contributed by atoms with Crippen LogP contribution in [0.2, 0.25) is 0 Å². The molecule has 0 aromatic rings. The molecule has 0 aromatic carbocycles. The summed E-state index contributed by atoms with van der Waals surface area (Å²) in [6, 6.07) is 1.18. The molecule has 0 amide bonds. The molecule has 0 spiro atoms. The molecule has 1 N–H and O–H groups in total. The predicted octanol–water partition coefficient (Wildman–Crippen LogP) is 3.36. The fraction of sp³-hybridized carbons (Fsp3) is 1.00. The van der Waals surface area contributed by atoms with Gasteiger partial charge in [0.25, 0.3) is 0 Å². The molecule has 1 saturated heterocycles. The van der Waals surface area contributed by atoms with E-state index in [2.05, 4.69) is 46.9 Å². The van der Waals surface area contributed by atoms with E-state index < -0.39 is 0 Å². The third-order valence-corrected chi connectivity index (χ3v) is 4.95. The van der Waals surface area contributed by atoms with Gasteiger partial charge in [-0.2, -0.15) is 0 Å². The van der Waals surface area contributed by atoms with Crippen molar-refractivity contribution in [2.45, 2.75) is 84.1 Å². The largest absolute Gasteiger partial charge is 0.368 e. The third-order valence-electron chi connectivity index (χ3n) is 4.95. The fourth-order valence-corrected chi connectivity index (χ4v) is 3.68. The Morgan fingerprint density at radius 2 is 1.71 bits per heavy atom. The highest BCUT2D eigenvalue weighted by Gasteiger charge is 2.47. The van der Waals surface area contributed by atoms with Crippen LogP contribution in [0.15, 0.2) is 0 Å². The first kappa shape index (κ1) is 13.4. The summed E-state index contributed by atoms with van der Waals surface area (Å²) >= 11 is 0. The Labute approximate surface area is 107 Å². The molecule has 2 aliphatic rings. The molecule has 2 nitrogen and oxygen atoms in total. The summed E-state index contributed by atoms with van der Waals surface area (Å²) in [5, 5.41) is 3.88. The van der Waals surface area contributed by atoms with Gasteiger partial charge in [-0.1, -0.05) is 13.8 Å². The maximum atomic E-state index is 6.16. The van der Waals surface area contributed by atoms with Crippen molar-refractivity contribution in [3.8, 4) is 0 Å². The summed E-state index contributed by atoms with van der Waals surface area (Å²) in [6.45, 7) is 13.6. The SMILES string of the molecule is CC1CCC(NC2CC(C)(C)OC2(C)C)C1C. The summed E-state index contributed by atoms with van der Waals surface area (Å²) < 4.78 is 6.16. The first-order chi connectivity index (χ1) is 7.71. The Balaban J connectivity index is 2.00. The molecule has 2 fully saturated rings. The summed E-state index contributed by atoms with van der Waals surface area (Å²) in [7, 11) is 0. The van der Waals surface area contributed by atoms with E-state index in [4.69, 9.17) is 4.74 Å². The highest BCUT2D eigenvalue weighted by molar-refractivity contribution is 5.01. The van der Waals surface area contributed by atoms with Gasteiger partial charge in [0.2, 0.25) is 0 Å². The summed E-state index contributed by atoms with van der Waals surface area (Å²) in [5.74, 6) is 1.67. The summed E-state index contributed by atoms with van der Waals surface area (Å²) in [4.78, 5) is 0. The smallest absolute Gasteiger partial charge is 0.0787 e. The van der Waals surface area contributed by atoms with Crippen molar-refractivity contribution in [3.05, 3.63) is 0 Å². The van der Waals surface area contributed by atoms with Crippen molar-refractivity contribution in [2.24, 2.45) is 11.8 Å². The van der Waals surface area contributed by atoms with E-state index in [1.807, 2.05) is 0 Å². The van der Waals surface area contributed by atoms with Crippen LogP contribution < -0.4 is 5.32 Å². The number of hydrogen-bond donors (Lipinski definition) is 1. The molecular formula is C15H29NO. The number of nitrogens with one attached hydrogen (secondary N) is 1. The van der Waals surface area contributed by atoms with Gasteiger partial charge in [-0.3, -0.25) is 0 Å². The van der Waals surface area contributed by atoms with E-state index >= 15 is 0 Å². The molecule has 17 heavy (non-hydrogen) atoms. The van der Waals surface area contributed by atoms with E-state index in [0.29, 0.717) is 12.1 Å².